The molecule has 4 nitrogen and oxygen atoms in total. The lowest BCUT2D eigenvalue weighted by Crippen LogP contribution is -2.37. The van der Waals surface area contributed by atoms with E-state index >= 15 is 0 Å². The topological polar surface area (TPSA) is 63.4 Å². The van der Waals surface area contributed by atoms with Crippen molar-refractivity contribution in [3.63, 3.8) is 0 Å². The van der Waals surface area contributed by atoms with Crippen molar-refractivity contribution in [2.24, 2.45) is 11.8 Å². The van der Waals surface area contributed by atoms with E-state index in [1.807, 2.05) is 27.7 Å². The lowest BCUT2D eigenvalue weighted by molar-refractivity contribution is 0.333. The van der Waals surface area contributed by atoms with Crippen LogP contribution in [0.4, 0.5) is 5.69 Å². The highest BCUT2D eigenvalue weighted by molar-refractivity contribution is 7.89. The van der Waals surface area contributed by atoms with E-state index < -0.39 is 10.0 Å². The summed E-state index contributed by atoms with van der Waals surface area (Å²) in [7, 11) is -3.59. The SMILES string of the molecule is CC(C)CN(CC(C)C)S(=O)(=O)c1ccc(N)cc1Cl. The van der Waals surface area contributed by atoms with E-state index in [1.54, 1.807) is 6.07 Å². The average Bonchev–Trinajstić information content (AvgIpc) is 2.26. The Hall–Kier alpha value is -0.780. The highest BCUT2D eigenvalue weighted by Crippen LogP contribution is 2.27. The van der Waals surface area contributed by atoms with Crippen LogP contribution in [-0.4, -0.2) is 25.8 Å². The fourth-order valence-electron chi connectivity index (χ4n) is 1.95. The summed E-state index contributed by atoms with van der Waals surface area (Å²) in [5.41, 5.74) is 6.07. The van der Waals surface area contributed by atoms with Crippen LogP contribution in [0.25, 0.3) is 0 Å². The van der Waals surface area contributed by atoms with Gasteiger partial charge in [0.25, 0.3) is 0 Å². The Morgan fingerprint density at radius 3 is 2.05 bits per heavy atom. The predicted octanol–water partition coefficient (Wildman–Crippen LogP) is 3.22. The van der Waals surface area contributed by atoms with Gasteiger partial charge in [0.1, 0.15) is 4.90 Å². The van der Waals surface area contributed by atoms with Gasteiger partial charge in [-0.05, 0) is 30.0 Å². The van der Waals surface area contributed by atoms with E-state index in [4.69, 9.17) is 17.3 Å². The van der Waals surface area contributed by atoms with Gasteiger partial charge in [0.2, 0.25) is 10.0 Å². The molecule has 0 bridgehead atoms. The van der Waals surface area contributed by atoms with Gasteiger partial charge in [-0.1, -0.05) is 39.3 Å². The molecule has 0 atom stereocenters. The maximum absolute atomic E-state index is 12.7. The van der Waals surface area contributed by atoms with E-state index in [0.717, 1.165) is 0 Å². The molecule has 0 fully saturated rings. The molecule has 0 amide bonds. The second-order valence-electron chi connectivity index (χ2n) is 5.80. The van der Waals surface area contributed by atoms with Crippen molar-refractivity contribution in [1.29, 1.82) is 0 Å². The van der Waals surface area contributed by atoms with Crippen LogP contribution in [0.15, 0.2) is 23.1 Å². The van der Waals surface area contributed by atoms with Crippen molar-refractivity contribution in [1.82, 2.24) is 4.31 Å². The van der Waals surface area contributed by atoms with Gasteiger partial charge >= 0.3 is 0 Å². The summed E-state index contributed by atoms with van der Waals surface area (Å²) in [6.45, 7) is 8.92. The number of nitrogens with two attached hydrogens (primary N) is 1. The second-order valence-corrected chi connectivity index (χ2v) is 8.11. The zero-order valence-electron chi connectivity index (χ0n) is 12.4. The van der Waals surface area contributed by atoms with E-state index in [1.165, 1.54) is 16.4 Å². The standard InChI is InChI=1S/C14H23ClN2O2S/c1-10(2)8-17(9-11(3)4)20(18,19)14-6-5-12(16)7-13(14)15/h5-7,10-11H,8-9,16H2,1-4H3. The van der Waals surface area contributed by atoms with Crippen molar-refractivity contribution >= 4 is 27.3 Å². The second kappa shape index (κ2) is 6.78. The first kappa shape index (κ1) is 17.3. The summed E-state index contributed by atoms with van der Waals surface area (Å²) in [6, 6.07) is 4.50. The number of nitrogens with zero attached hydrogens (tertiary/aromatic N) is 1. The Morgan fingerprint density at radius 1 is 1.15 bits per heavy atom. The Bertz CT molecular complexity index is 546. The molecule has 0 spiro atoms. The zero-order valence-corrected chi connectivity index (χ0v) is 14.0. The monoisotopic (exact) mass is 318 g/mol. The maximum atomic E-state index is 12.7. The first-order chi connectivity index (χ1) is 9.14. The third-order valence-electron chi connectivity index (χ3n) is 2.71. The predicted molar refractivity (Wildman–Crippen MR) is 84.3 cm³/mol. The summed E-state index contributed by atoms with van der Waals surface area (Å²) in [5, 5.41) is 0.169. The highest BCUT2D eigenvalue weighted by atomic mass is 35.5. The largest absolute Gasteiger partial charge is 0.399 e. The van der Waals surface area contributed by atoms with E-state index in [0.29, 0.717) is 18.8 Å². The number of anilines is 1. The van der Waals surface area contributed by atoms with Gasteiger partial charge in [-0.2, -0.15) is 4.31 Å². The molecule has 0 aliphatic rings. The number of hydrogen-bond acceptors (Lipinski definition) is 3. The van der Waals surface area contributed by atoms with Crippen LogP contribution in [0.2, 0.25) is 5.02 Å². The van der Waals surface area contributed by atoms with Crippen molar-refractivity contribution in [2.45, 2.75) is 32.6 Å². The van der Waals surface area contributed by atoms with Gasteiger partial charge in [0.15, 0.2) is 0 Å². The Morgan fingerprint density at radius 2 is 1.65 bits per heavy atom. The lowest BCUT2D eigenvalue weighted by Gasteiger charge is -2.26. The number of hydrogen-bond donors (Lipinski definition) is 1. The van der Waals surface area contributed by atoms with Gasteiger partial charge in [0, 0.05) is 18.8 Å². The number of halogens is 1. The van der Waals surface area contributed by atoms with Gasteiger partial charge in [0.05, 0.1) is 5.02 Å². The van der Waals surface area contributed by atoms with E-state index in [-0.39, 0.29) is 21.8 Å². The molecule has 0 aliphatic heterocycles. The average molecular weight is 319 g/mol. The zero-order chi connectivity index (χ0) is 15.5. The van der Waals surface area contributed by atoms with E-state index in [9.17, 15) is 8.42 Å². The maximum Gasteiger partial charge on any atom is 0.244 e. The number of sulfonamides is 1. The molecule has 0 aliphatic carbocycles. The third kappa shape index (κ3) is 4.36. The molecular formula is C14H23ClN2O2S. The molecule has 20 heavy (non-hydrogen) atoms. The minimum atomic E-state index is -3.59. The normalized spacial score (nSPS) is 12.6. The van der Waals surface area contributed by atoms with Crippen LogP contribution >= 0.6 is 11.6 Å². The van der Waals surface area contributed by atoms with Crippen LogP contribution in [0, 0.1) is 11.8 Å². The molecule has 6 heteroatoms. The first-order valence-corrected chi connectivity index (χ1v) is 8.51. The third-order valence-corrected chi connectivity index (χ3v) is 5.03. The van der Waals surface area contributed by atoms with Gasteiger partial charge in [-0.25, -0.2) is 8.42 Å². The minimum absolute atomic E-state index is 0.120. The number of nitrogen functional groups attached to an aromatic ring is 1. The molecule has 2 N–H and O–H groups in total. The quantitative estimate of drug-likeness (QED) is 0.819. The van der Waals surface area contributed by atoms with Crippen molar-refractivity contribution in [3.05, 3.63) is 23.2 Å². The first-order valence-electron chi connectivity index (χ1n) is 6.69. The Balaban J connectivity index is 3.21. The van der Waals surface area contributed by atoms with E-state index in [2.05, 4.69) is 0 Å². The molecule has 0 radical (unpaired) electrons. The molecule has 0 saturated heterocycles. The molecule has 0 unspecified atom stereocenters. The van der Waals surface area contributed by atoms with Crippen molar-refractivity contribution in [3.8, 4) is 0 Å². The smallest absolute Gasteiger partial charge is 0.244 e. The van der Waals surface area contributed by atoms with Gasteiger partial charge in [-0.3, -0.25) is 0 Å². The molecule has 0 saturated carbocycles. The molecule has 0 aromatic heterocycles. The van der Waals surface area contributed by atoms with Crippen LogP contribution in [0.3, 0.4) is 0 Å². The van der Waals surface area contributed by atoms with Gasteiger partial charge < -0.3 is 5.73 Å². The minimum Gasteiger partial charge on any atom is -0.399 e. The van der Waals surface area contributed by atoms with Gasteiger partial charge in [-0.15, -0.1) is 0 Å². The molecular weight excluding hydrogens is 296 g/mol. The molecule has 0 heterocycles. The van der Waals surface area contributed by atoms with Crippen molar-refractivity contribution in [2.75, 3.05) is 18.8 Å². The molecule has 1 rings (SSSR count). The Kier molecular flexibility index (Phi) is 5.86. The fraction of sp³-hybridized carbons (Fsp3) is 0.571. The fourth-order valence-corrected chi connectivity index (χ4v) is 4.24. The van der Waals surface area contributed by atoms with Crippen molar-refractivity contribution < 1.29 is 8.42 Å². The Labute approximate surface area is 127 Å². The molecule has 114 valence electrons. The van der Waals surface area contributed by atoms with Crippen LogP contribution < -0.4 is 5.73 Å². The van der Waals surface area contributed by atoms with Crippen LogP contribution in [0.5, 0.6) is 0 Å². The van der Waals surface area contributed by atoms with Crippen LogP contribution in [0.1, 0.15) is 27.7 Å². The summed E-state index contributed by atoms with van der Waals surface area (Å²) >= 11 is 6.05. The summed E-state index contributed by atoms with van der Waals surface area (Å²) in [5.74, 6) is 0.493. The molecule has 1 aromatic rings. The lowest BCUT2D eigenvalue weighted by atomic mass is 10.2. The summed E-state index contributed by atoms with van der Waals surface area (Å²) in [6.07, 6.45) is 0. The molecule has 1 aromatic carbocycles. The van der Waals surface area contributed by atoms with Crippen LogP contribution in [-0.2, 0) is 10.0 Å². The summed E-state index contributed by atoms with van der Waals surface area (Å²) in [4.78, 5) is 0.120. The number of benzene rings is 1. The summed E-state index contributed by atoms with van der Waals surface area (Å²) < 4.78 is 27.0. The highest BCUT2D eigenvalue weighted by Gasteiger charge is 2.27. The number of rotatable bonds is 6.